The van der Waals surface area contributed by atoms with Crippen molar-refractivity contribution < 1.29 is 66.7 Å². The molecule has 14 heteroatoms. The molecular formula is C38H44O14. The fourth-order valence-electron chi connectivity index (χ4n) is 4.98. The third-order valence-electron chi connectivity index (χ3n) is 7.85. The predicted octanol–water partition coefficient (Wildman–Crippen LogP) is 6.67. The summed E-state index contributed by atoms with van der Waals surface area (Å²) in [5.41, 5.74) is 1.11. The van der Waals surface area contributed by atoms with E-state index in [2.05, 4.69) is 13.2 Å². The largest absolute Gasteiger partial charge is 0.513 e. The number of aryl methyl sites for hydroxylation is 2. The maximum atomic E-state index is 12.9. The highest BCUT2D eigenvalue weighted by Gasteiger charge is 2.32. The minimum absolute atomic E-state index is 0.0870. The molecule has 14 nitrogen and oxygen atoms in total. The number of esters is 4. The van der Waals surface area contributed by atoms with Gasteiger partial charge in [0.2, 0.25) is 0 Å². The SMILES string of the molecule is C=CC(=O)OCCCCOC(=O)Oc1ccc(OC(=O)[C@H]2CC[C@H](C(=O)Oc3ccc(OC(=O)OCCCCOC(=O)C=C)c(C)c3)CC2)cc1C. The molecule has 1 fully saturated rings. The molecule has 1 aliphatic carbocycles. The summed E-state index contributed by atoms with van der Waals surface area (Å²) in [6, 6.07) is 9.19. The first-order chi connectivity index (χ1) is 25.0. The zero-order valence-corrected chi connectivity index (χ0v) is 29.4. The molecule has 0 saturated heterocycles. The second-order valence-electron chi connectivity index (χ2n) is 11.8. The Morgan fingerprint density at radius 1 is 0.558 bits per heavy atom. The van der Waals surface area contributed by atoms with Crippen LogP contribution in [0, 0.1) is 25.7 Å². The van der Waals surface area contributed by atoms with Gasteiger partial charge in [0.25, 0.3) is 0 Å². The number of ether oxygens (including phenoxy) is 8. The van der Waals surface area contributed by atoms with Gasteiger partial charge in [-0.05, 0) is 113 Å². The van der Waals surface area contributed by atoms with E-state index < -0.39 is 48.0 Å². The minimum Gasteiger partial charge on any atom is -0.463 e. The Labute approximate surface area is 301 Å². The third kappa shape index (κ3) is 14.3. The van der Waals surface area contributed by atoms with Gasteiger partial charge in [0.15, 0.2) is 0 Å². The summed E-state index contributed by atoms with van der Waals surface area (Å²) in [7, 11) is 0. The second kappa shape index (κ2) is 21.5. The van der Waals surface area contributed by atoms with Crippen LogP contribution in [-0.2, 0) is 38.1 Å². The van der Waals surface area contributed by atoms with E-state index in [0.29, 0.717) is 74.0 Å². The Kier molecular flexibility index (Phi) is 16.9. The molecule has 0 aromatic heterocycles. The number of benzene rings is 2. The van der Waals surface area contributed by atoms with Crippen LogP contribution in [0.25, 0.3) is 0 Å². The summed E-state index contributed by atoms with van der Waals surface area (Å²) in [5, 5.41) is 0. The summed E-state index contributed by atoms with van der Waals surface area (Å²) in [5.74, 6) is -1.59. The standard InChI is InChI=1S/C38H44O14/c1-5-33(39)45-19-7-9-21-47-37(43)51-31-17-15-29(23-25(31)3)49-35(41)27-11-13-28(14-12-27)36(42)50-30-16-18-32(26(4)24-30)52-38(44)48-22-10-8-20-46-34(40)6-2/h5-6,15-18,23-24,27-28H,1-2,7-14,19-22H2,3-4H3/t27-,28-. The zero-order valence-electron chi connectivity index (χ0n) is 29.4. The Bertz CT molecular complexity index is 1470. The van der Waals surface area contributed by atoms with Gasteiger partial charge in [0, 0.05) is 12.2 Å². The maximum Gasteiger partial charge on any atom is 0.513 e. The number of carbonyl (C=O) groups excluding carboxylic acids is 6. The van der Waals surface area contributed by atoms with Crippen LogP contribution in [-0.4, -0.2) is 62.6 Å². The summed E-state index contributed by atoms with van der Waals surface area (Å²) in [6.45, 7) is 10.6. The van der Waals surface area contributed by atoms with Crippen LogP contribution in [0.4, 0.5) is 9.59 Å². The average molecular weight is 725 g/mol. The lowest BCUT2D eigenvalue weighted by Crippen LogP contribution is -2.30. The van der Waals surface area contributed by atoms with Crippen molar-refractivity contribution in [2.75, 3.05) is 26.4 Å². The summed E-state index contributed by atoms with van der Waals surface area (Å²) in [4.78, 5) is 71.9. The van der Waals surface area contributed by atoms with Crippen LogP contribution >= 0.6 is 0 Å². The number of hydrogen-bond acceptors (Lipinski definition) is 14. The van der Waals surface area contributed by atoms with Crippen LogP contribution < -0.4 is 18.9 Å². The number of rotatable bonds is 18. The van der Waals surface area contributed by atoms with Gasteiger partial charge in [-0.1, -0.05) is 13.2 Å². The van der Waals surface area contributed by atoms with Crippen LogP contribution in [0.3, 0.4) is 0 Å². The van der Waals surface area contributed by atoms with E-state index in [9.17, 15) is 28.8 Å². The normalized spacial score (nSPS) is 14.9. The molecule has 52 heavy (non-hydrogen) atoms. The van der Waals surface area contributed by atoms with E-state index in [0.717, 1.165) is 12.2 Å². The summed E-state index contributed by atoms with van der Waals surface area (Å²) in [6.07, 6.45) is 4.09. The molecule has 0 unspecified atom stereocenters. The molecule has 0 N–H and O–H groups in total. The van der Waals surface area contributed by atoms with Crippen molar-refractivity contribution in [1.29, 1.82) is 0 Å². The van der Waals surface area contributed by atoms with Crippen molar-refractivity contribution in [3.05, 3.63) is 72.8 Å². The van der Waals surface area contributed by atoms with Crippen LogP contribution in [0.2, 0.25) is 0 Å². The summed E-state index contributed by atoms with van der Waals surface area (Å²) < 4.78 is 41.4. The third-order valence-corrected chi connectivity index (χ3v) is 7.85. The molecule has 0 spiro atoms. The lowest BCUT2D eigenvalue weighted by atomic mass is 9.82. The first-order valence-corrected chi connectivity index (χ1v) is 16.9. The van der Waals surface area contributed by atoms with E-state index >= 15 is 0 Å². The number of hydrogen-bond donors (Lipinski definition) is 0. The quantitative estimate of drug-likeness (QED) is 0.0398. The van der Waals surface area contributed by atoms with Crippen molar-refractivity contribution in [3.63, 3.8) is 0 Å². The van der Waals surface area contributed by atoms with Crippen LogP contribution in [0.5, 0.6) is 23.0 Å². The van der Waals surface area contributed by atoms with Gasteiger partial charge in [0.05, 0.1) is 38.3 Å². The van der Waals surface area contributed by atoms with E-state index in [-0.39, 0.29) is 37.9 Å². The molecule has 0 aliphatic heterocycles. The highest BCUT2D eigenvalue weighted by atomic mass is 16.7. The molecule has 2 aromatic rings. The van der Waals surface area contributed by atoms with Gasteiger partial charge in [-0.2, -0.15) is 0 Å². The Morgan fingerprint density at radius 2 is 0.904 bits per heavy atom. The minimum atomic E-state index is -0.888. The van der Waals surface area contributed by atoms with Crippen molar-refractivity contribution in [2.24, 2.45) is 11.8 Å². The molecule has 0 amide bonds. The molecule has 3 rings (SSSR count). The molecule has 0 heterocycles. The van der Waals surface area contributed by atoms with Crippen LogP contribution in [0.15, 0.2) is 61.7 Å². The van der Waals surface area contributed by atoms with Gasteiger partial charge >= 0.3 is 36.2 Å². The van der Waals surface area contributed by atoms with Crippen LogP contribution in [0.1, 0.15) is 62.5 Å². The molecule has 0 atom stereocenters. The lowest BCUT2D eigenvalue weighted by Gasteiger charge is -2.26. The number of carbonyl (C=O) groups is 6. The van der Waals surface area contributed by atoms with Crippen molar-refractivity contribution in [1.82, 2.24) is 0 Å². The van der Waals surface area contributed by atoms with Crippen molar-refractivity contribution in [2.45, 2.75) is 65.2 Å². The predicted molar refractivity (Wildman–Crippen MR) is 184 cm³/mol. The summed E-state index contributed by atoms with van der Waals surface area (Å²) >= 11 is 0. The topological polar surface area (TPSA) is 176 Å². The highest BCUT2D eigenvalue weighted by Crippen LogP contribution is 2.33. The second-order valence-corrected chi connectivity index (χ2v) is 11.8. The van der Waals surface area contributed by atoms with E-state index in [4.69, 9.17) is 37.9 Å². The fraction of sp³-hybridized carbons (Fsp3) is 0.421. The van der Waals surface area contributed by atoms with Gasteiger partial charge in [0.1, 0.15) is 23.0 Å². The van der Waals surface area contributed by atoms with Crippen molar-refractivity contribution in [3.8, 4) is 23.0 Å². The van der Waals surface area contributed by atoms with Crippen molar-refractivity contribution >= 4 is 36.2 Å². The van der Waals surface area contributed by atoms with Gasteiger partial charge in [-0.25, -0.2) is 19.2 Å². The van der Waals surface area contributed by atoms with Gasteiger partial charge in [-0.15, -0.1) is 0 Å². The first kappa shape index (κ1) is 40.8. The molecule has 1 saturated carbocycles. The Hall–Kier alpha value is -5.66. The highest BCUT2D eigenvalue weighted by molar-refractivity contribution is 5.81. The molecule has 0 radical (unpaired) electrons. The van der Waals surface area contributed by atoms with E-state index in [1.54, 1.807) is 26.0 Å². The molecular weight excluding hydrogens is 680 g/mol. The number of unbranched alkanes of at least 4 members (excludes halogenated alkanes) is 2. The van der Waals surface area contributed by atoms with Gasteiger partial charge in [-0.3, -0.25) is 9.59 Å². The molecule has 1 aliphatic rings. The fourth-order valence-corrected chi connectivity index (χ4v) is 4.98. The monoisotopic (exact) mass is 724 g/mol. The maximum absolute atomic E-state index is 12.9. The smallest absolute Gasteiger partial charge is 0.463 e. The molecule has 2 aromatic carbocycles. The molecule has 0 bridgehead atoms. The molecule has 280 valence electrons. The van der Waals surface area contributed by atoms with E-state index in [1.807, 2.05) is 0 Å². The average Bonchev–Trinajstić information content (AvgIpc) is 3.13. The van der Waals surface area contributed by atoms with Gasteiger partial charge < -0.3 is 37.9 Å². The van der Waals surface area contributed by atoms with E-state index in [1.165, 1.54) is 24.3 Å². The first-order valence-electron chi connectivity index (χ1n) is 16.9. The Morgan fingerprint density at radius 3 is 1.23 bits per heavy atom. The lowest BCUT2D eigenvalue weighted by molar-refractivity contribution is -0.145. The zero-order chi connectivity index (χ0) is 37.9. The Balaban J connectivity index is 1.35.